The van der Waals surface area contributed by atoms with Crippen LogP contribution in [-0.2, 0) is 11.3 Å². The molecular formula is C14H26IN5O2. The van der Waals surface area contributed by atoms with Gasteiger partial charge in [-0.25, -0.2) is 0 Å². The number of nitrogens with zero attached hydrogens (tertiary/aromatic N) is 4. The van der Waals surface area contributed by atoms with E-state index < -0.39 is 0 Å². The van der Waals surface area contributed by atoms with Crippen molar-refractivity contribution in [2.24, 2.45) is 4.99 Å². The minimum absolute atomic E-state index is 0. The zero-order valence-electron chi connectivity index (χ0n) is 13.3. The second kappa shape index (κ2) is 10.8. The molecule has 1 saturated heterocycles. The van der Waals surface area contributed by atoms with Gasteiger partial charge in [0.2, 0.25) is 0 Å². The molecule has 7 nitrogen and oxygen atoms in total. The summed E-state index contributed by atoms with van der Waals surface area (Å²) in [6, 6.07) is 1.92. The Labute approximate surface area is 149 Å². The highest BCUT2D eigenvalue weighted by atomic mass is 127. The summed E-state index contributed by atoms with van der Waals surface area (Å²) in [7, 11) is 1.70. The molecule has 0 radical (unpaired) electrons. The van der Waals surface area contributed by atoms with Gasteiger partial charge in [-0.1, -0.05) is 5.16 Å². The van der Waals surface area contributed by atoms with Gasteiger partial charge in [0.25, 0.3) is 0 Å². The van der Waals surface area contributed by atoms with E-state index in [1.807, 2.05) is 6.07 Å². The summed E-state index contributed by atoms with van der Waals surface area (Å²) >= 11 is 0. The van der Waals surface area contributed by atoms with Gasteiger partial charge in [0, 0.05) is 52.4 Å². The highest BCUT2D eigenvalue weighted by Gasteiger charge is 2.20. The normalized spacial score (nSPS) is 16.5. The molecule has 1 fully saturated rings. The molecule has 0 aromatic carbocycles. The van der Waals surface area contributed by atoms with E-state index in [1.165, 1.54) is 0 Å². The maximum Gasteiger partial charge on any atom is 0.194 e. The third-order valence-electron chi connectivity index (χ3n) is 3.44. The first-order valence-electron chi connectivity index (χ1n) is 7.47. The van der Waals surface area contributed by atoms with Crippen molar-refractivity contribution < 1.29 is 9.26 Å². The summed E-state index contributed by atoms with van der Waals surface area (Å²) in [5.41, 5.74) is 0.990. The number of piperazine rings is 1. The summed E-state index contributed by atoms with van der Waals surface area (Å²) in [6.07, 6.45) is 1.62. The van der Waals surface area contributed by atoms with E-state index in [-0.39, 0.29) is 24.0 Å². The Kier molecular flexibility index (Phi) is 9.41. The van der Waals surface area contributed by atoms with Crippen molar-refractivity contribution in [3.63, 3.8) is 0 Å². The lowest BCUT2D eigenvalue weighted by Crippen LogP contribution is -2.52. The highest BCUT2D eigenvalue weighted by molar-refractivity contribution is 14.0. The number of aromatic nitrogens is 1. The average molecular weight is 423 g/mol. The monoisotopic (exact) mass is 423 g/mol. The van der Waals surface area contributed by atoms with Crippen molar-refractivity contribution in [3.8, 4) is 0 Å². The predicted octanol–water partition coefficient (Wildman–Crippen LogP) is 1.02. The second-order valence-corrected chi connectivity index (χ2v) is 4.98. The smallest absolute Gasteiger partial charge is 0.194 e. The molecule has 0 aliphatic carbocycles. The number of rotatable bonds is 6. The van der Waals surface area contributed by atoms with Crippen LogP contribution in [0.15, 0.2) is 21.8 Å². The van der Waals surface area contributed by atoms with Crippen molar-refractivity contribution in [3.05, 3.63) is 18.0 Å². The van der Waals surface area contributed by atoms with Crippen LogP contribution in [0.25, 0.3) is 0 Å². The molecule has 126 valence electrons. The molecule has 1 N–H and O–H groups in total. The number of hydrogen-bond donors (Lipinski definition) is 1. The van der Waals surface area contributed by atoms with Gasteiger partial charge in [-0.15, -0.1) is 24.0 Å². The molecule has 8 heteroatoms. The van der Waals surface area contributed by atoms with Gasteiger partial charge < -0.3 is 19.5 Å². The SMILES string of the molecule is CCNC(=NCCOC)N1CCN(Cc2ccon2)CC1.I. The number of hydrogen-bond acceptors (Lipinski definition) is 5. The maximum atomic E-state index is 5.06. The summed E-state index contributed by atoms with van der Waals surface area (Å²) in [4.78, 5) is 9.27. The third kappa shape index (κ3) is 6.09. The highest BCUT2D eigenvalue weighted by Crippen LogP contribution is 2.07. The summed E-state index contributed by atoms with van der Waals surface area (Å²) < 4.78 is 9.93. The number of nitrogens with one attached hydrogen (secondary N) is 1. The van der Waals surface area contributed by atoms with E-state index in [1.54, 1.807) is 13.4 Å². The summed E-state index contributed by atoms with van der Waals surface area (Å²) in [5.74, 6) is 0.982. The molecule has 0 unspecified atom stereocenters. The molecule has 1 aliphatic rings. The van der Waals surface area contributed by atoms with Gasteiger partial charge >= 0.3 is 0 Å². The zero-order chi connectivity index (χ0) is 14.9. The molecule has 2 heterocycles. The fourth-order valence-electron chi connectivity index (χ4n) is 2.33. The van der Waals surface area contributed by atoms with Crippen molar-refractivity contribution in [2.45, 2.75) is 13.5 Å². The molecule has 0 bridgehead atoms. The minimum Gasteiger partial charge on any atom is -0.383 e. The molecular weight excluding hydrogens is 397 g/mol. The lowest BCUT2D eigenvalue weighted by Gasteiger charge is -2.36. The van der Waals surface area contributed by atoms with Gasteiger partial charge in [0.15, 0.2) is 5.96 Å². The van der Waals surface area contributed by atoms with Crippen molar-refractivity contribution in [2.75, 3.05) is 53.0 Å². The summed E-state index contributed by atoms with van der Waals surface area (Å²) in [5, 5.41) is 7.31. The largest absolute Gasteiger partial charge is 0.383 e. The molecule has 0 amide bonds. The zero-order valence-corrected chi connectivity index (χ0v) is 15.7. The Morgan fingerprint density at radius 3 is 2.77 bits per heavy atom. The van der Waals surface area contributed by atoms with Crippen molar-refractivity contribution in [1.82, 2.24) is 20.3 Å². The van der Waals surface area contributed by atoms with E-state index in [2.05, 4.69) is 32.2 Å². The quantitative estimate of drug-likeness (QED) is 0.319. The summed E-state index contributed by atoms with van der Waals surface area (Å²) in [6.45, 7) is 9.11. The molecule has 0 atom stereocenters. The van der Waals surface area contributed by atoms with Crippen LogP contribution in [0.4, 0.5) is 0 Å². The topological polar surface area (TPSA) is 66.1 Å². The Bertz CT molecular complexity index is 419. The van der Waals surface area contributed by atoms with E-state index in [0.717, 1.165) is 50.9 Å². The molecule has 1 aromatic rings. The number of ether oxygens (including phenoxy) is 1. The Morgan fingerprint density at radius 2 is 2.18 bits per heavy atom. The number of aliphatic imine (C=N–C) groups is 1. The molecule has 0 saturated carbocycles. The molecule has 0 spiro atoms. The second-order valence-electron chi connectivity index (χ2n) is 4.98. The van der Waals surface area contributed by atoms with Gasteiger partial charge in [-0.05, 0) is 6.92 Å². The van der Waals surface area contributed by atoms with Crippen molar-refractivity contribution in [1.29, 1.82) is 0 Å². The lowest BCUT2D eigenvalue weighted by molar-refractivity contribution is 0.168. The fourth-order valence-corrected chi connectivity index (χ4v) is 2.33. The predicted molar refractivity (Wildman–Crippen MR) is 96.6 cm³/mol. The van der Waals surface area contributed by atoms with Gasteiger partial charge in [0.1, 0.15) is 6.26 Å². The van der Waals surface area contributed by atoms with E-state index >= 15 is 0 Å². The van der Waals surface area contributed by atoms with Crippen LogP contribution in [0, 0.1) is 0 Å². The first-order valence-corrected chi connectivity index (χ1v) is 7.47. The third-order valence-corrected chi connectivity index (χ3v) is 3.44. The Morgan fingerprint density at radius 1 is 1.41 bits per heavy atom. The Balaban J connectivity index is 0.00000242. The van der Waals surface area contributed by atoms with Gasteiger partial charge in [-0.3, -0.25) is 9.89 Å². The van der Waals surface area contributed by atoms with E-state index in [0.29, 0.717) is 13.2 Å². The maximum absolute atomic E-state index is 5.06. The molecule has 22 heavy (non-hydrogen) atoms. The Hall–Kier alpha value is -0.870. The number of guanidine groups is 1. The number of halogens is 1. The van der Waals surface area contributed by atoms with Crippen molar-refractivity contribution >= 4 is 29.9 Å². The van der Waals surface area contributed by atoms with Crippen LogP contribution in [0.2, 0.25) is 0 Å². The lowest BCUT2D eigenvalue weighted by atomic mass is 10.3. The molecule has 2 rings (SSSR count). The first kappa shape index (κ1) is 19.2. The van der Waals surface area contributed by atoms with Crippen LogP contribution in [-0.4, -0.2) is 73.9 Å². The van der Waals surface area contributed by atoms with E-state index in [4.69, 9.17) is 9.26 Å². The molecule has 1 aliphatic heterocycles. The van der Waals surface area contributed by atoms with Crippen LogP contribution >= 0.6 is 24.0 Å². The standard InChI is InChI=1S/C14H25N5O2.HI/c1-3-15-14(16-5-11-20-2)19-8-6-18(7-9-19)12-13-4-10-21-17-13;/h4,10H,3,5-9,11-12H2,1-2H3,(H,15,16);1H. The first-order chi connectivity index (χ1) is 10.3. The van der Waals surface area contributed by atoms with Gasteiger partial charge in [0.05, 0.1) is 18.8 Å². The van der Waals surface area contributed by atoms with Crippen LogP contribution in [0.1, 0.15) is 12.6 Å². The van der Waals surface area contributed by atoms with Gasteiger partial charge in [-0.2, -0.15) is 0 Å². The molecule has 1 aromatic heterocycles. The minimum atomic E-state index is 0. The van der Waals surface area contributed by atoms with Crippen LogP contribution in [0.3, 0.4) is 0 Å². The number of methoxy groups -OCH3 is 1. The van der Waals surface area contributed by atoms with E-state index in [9.17, 15) is 0 Å². The average Bonchev–Trinajstić information content (AvgIpc) is 3.00. The fraction of sp³-hybridized carbons (Fsp3) is 0.714. The van der Waals surface area contributed by atoms with Crippen LogP contribution < -0.4 is 5.32 Å². The van der Waals surface area contributed by atoms with Crippen LogP contribution in [0.5, 0.6) is 0 Å².